The summed E-state index contributed by atoms with van der Waals surface area (Å²) in [5.74, 6) is -1.70. The molecule has 0 aliphatic carbocycles. The largest absolute Gasteiger partial charge is 0.493 e. The van der Waals surface area contributed by atoms with Crippen molar-refractivity contribution >= 4 is 11.9 Å². The Morgan fingerprint density at radius 3 is 2.09 bits per heavy atom. The summed E-state index contributed by atoms with van der Waals surface area (Å²) >= 11 is 0. The minimum Gasteiger partial charge on any atom is -0.493 e. The molecule has 22 heavy (non-hydrogen) atoms. The lowest BCUT2D eigenvalue weighted by Gasteiger charge is -2.20. The van der Waals surface area contributed by atoms with Gasteiger partial charge in [-0.3, -0.25) is 4.79 Å². The number of methoxy groups -OCH3 is 3. The Kier molecular flexibility index (Phi) is 6.14. The van der Waals surface area contributed by atoms with E-state index in [1.54, 1.807) is 0 Å². The van der Waals surface area contributed by atoms with Gasteiger partial charge >= 0.3 is 11.9 Å². The normalized spacial score (nSPS) is 13.1. The summed E-state index contributed by atoms with van der Waals surface area (Å²) < 4.78 is 14.4. The quantitative estimate of drug-likeness (QED) is 0.617. The number of esters is 1. The summed E-state index contributed by atoms with van der Waals surface area (Å²) in [4.78, 5) is 22.5. The Labute approximate surface area is 126 Å². The number of carboxylic acid groups (broad SMARTS) is 1. The molecule has 8 nitrogen and oxygen atoms in total. The maximum absolute atomic E-state index is 11.3. The molecule has 3 N–H and O–H groups in total. The van der Waals surface area contributed by atoms with Gasteiger partial charge in [0.25, 0.3) is 0 Å². The second-order valence-corrected chi connectivity index (χ2v) is 4.39. The lowest BCUT2D eigenvalue weighted by Crippen LogP contribution is -2.24. The Bertz CT molecular complexity index is 554. The van der Waals surface area contributed by atoms with E-state index in [4.69, 9.17) is 9.47 Å². The molecule has 1 aromatic rings. The summed E-state index contributed by atoms with van der Waals surface area (Å²) in [6.07, 6.45) is -3.61. The van der Waals surface area contributed by atoms with E-state index in [0.29, 0.717) is 0 Å². The first-order chi connectivity index (χ1) is 10.3. The van der Waals surface area contributed by atoms with E-state index in [1.165, 1.54) is 26.4 Å². The predicted molar refractivity (Wildman–Crippen MR) is 74.1 cm³/mol. The van der Waals surface area contributed by atoms with E-state index in [9.17, 15) is 24.9 Å². The van der Waals surface area contributed by atoms with E-state index < -0.39 is 30.6 Å². The maximum Gasteiger partial charge on any atom is 0.336 e. The van der Waals surface area contributed by atoms with Gasteiger partial charge in [0.2, 0.25) is 0 Å². The van der Waals surface area contributed by atoms with Gasteiger partial charge in [0, 0.05) is 5.56 Å². The highest BCUT2D eigenvalue weighted by Gasteiger charge is 2.28. The van der Waals surface area contributed by atoms with Crippen molar-refractivity contribution < 1.29 is 39.1 Å². The Morgan fingerprint density at radius 1 is 1.09 bits per heavy atom. The van der Waals surface area contributed by atoms with Crippen molar-refractivity contribution in [2.45, 2.75) is 18.6 Å². The van der Waals surface area contributed by atoms with E-state index in [-0.39, 0.29) is 22.6 Å². The number of carbonyl (C=O) groups excluding carboxylic acids is 1. The number of hydrogen-bond acceptors (Lipinski definition) is 7. The lowest BCUT2D eigenvalue weighted by atomic mass is 9.96. The number of aliphatic hydroxyl groups is 2. The van der Waals surface area contributed by atoms with Gasteiger partial charge in [-0.25, -0.2) is 4.79 Å². The van der Waals surface area contributed by atoms with Gasteiger partial charge in [0.15, 0.2) is 11.5 Å². The minimum atomic E-state index is -1.61. The zero-order chi connectivity index (χ0) is 16.9. The van der Waals surface area contributed by atoms with Gasteiger partial charge in [-0.1, -0.05) is 0 Å². The molecule has 0 aromatic heterocycles. The highest BCUT2D eigenvalue weighted by Crippen LogP contribution is 2.34. The number of carboxylic acids is 1. The predicted octanol–water partition coefficient (Wildman–Crippen LogP) is 0.359. The monoisotopic (exact) mass is 314 g/mol. The number of benzene rings is 1. The second-order valence-electron chi connectivity index (χ2n) is 4.39. The smallest absolute Gasteiger partial charge is 0.336 e. The number of rotatable bonds is 7. The number of ether oxygens (including phenoxy) is 3. The van der Waals surface area contributed by atoms with Crippen LogP contribution in [0.15, 0.2) is 12.1 Å². The van der Waals surface area contributed by atoms with Gasteiger partial charge in [-0.15, -0.1) is 0 Å². The van der Waals surface area contributed by atoms with Crippen molar-refractivity contribution in [1.29, 1.82) is 0 Å². The molecular weight excluding hydrogens is 296 g/mol. The van der Waals surface area contributed by atoms with Crippen LogP contribution in [-0.4, -0.2) is 54.7 Å². The minimum absolute atomic E-state index is 0.0958. The molecule has 0 spiro atoms. The third-order valence-electron chi connectivity index (χ3n) is 3.07. The molecule has 1 rings (SSSR count). The zero-order valence-corrected chi connectivity index (χ0v) is 12.4. The first-order valence-corrected chi connectivity index (χ1v) is 6.27. The van der Waals surface area contributed by atoms with E-state index in [2.05, 4.69) is 4.74 Å². The van der Waals surface area contributed by atoms with E-state index in [1.807, 2.05) is 0 Å². The summed E-state index contributed by atoms with van der Waals surface area (Å²) in [6.45, 7) is 0. The SMILES string of the molecule is COC(=O)CC(O)C(O)c1cc(OC)c(OC)cc1C(=O)O. The molecule has 0 saturated carbocycles. The fourth-order valence-corrected chi connectivity index (χ4v) is 1.90. The summed E-state index contributed by atoms with van der Waals surface area (Å²) in [7, 11) is 3.82. The highest BCUT2D eigenvalue weighted by molar-refractivity contribution is 5.90. The molecule has 1 aromatic carbocycles. The average molecular weight is 314 g/mol. The van der Waals surface area contributed by atoms with Crippen molar-refractivity contribution in [2.24, 2.45) is 0 Å². The van der Waals surface area contributed by atoms with Gasteiger partial charge in [0.1, 0.15) is 6.10 Å². The lowest BCUT2D eigenvalue weighted by molar-refractivity contribution is -0.144. The van der Waals surface area contributed by atoms with Crippen LogP contribution < -0.4 is 9.47 Å². The molecule has 122 valence electrons. The van der Waals surface area contributed by atoms with Crippen LogP contribution in [-0.2, 0) is 9.53 Å². The average Bonchev–Trinajstić information content (AvgIpc) is 2.52. The van der Waals surface area contributed by atoms with Gasteiger partial charge in [0.05, 0.1) is 39.4 Å². The van der Waals surface area contributed by atoms with Crippen LogP contribution in [0.1, 0.15) is 28.4 Å². The number of hydrogen-bond donors (Lipinski definition) is 3. The number of carbonyl (C=O) groups is 2. The van der Waals surface area contributed by atoms with Crippen LogP contribution in [0.4, 0.5) is 0 Å². The molecule has 0 aliphatic rings. The van der Waals surface area contributed by atoms with Crippen molar-refractivity contribution in [2.75, 3.05) is 21.3 Å². The molecule has 8 heteroatoms. The van der Waals surface area contributed by atoms with E-state index >= 15 is 0 Å². The maximum atomic E-state index is 11.3. The van der Waals surface area contributed by atoms with Gasteiger partial charge < -0.3 is 29.5 Å². The molecule has 0 bridgehead atoms. The van der Waals surface area contributed by atoms with Crippen molar-refractivity contribution in [1.82, 2.24) is 0 Å². The molecule has 0 heterocycles. The second kappa shape index (κ2) is 7.62. The highest BCUT2D eigenvalue weighted by atomic mass is 16.5. The molecule has 0 saturated heterocycles. The summed E-state index contributed by atoms with van der Waals surface area (Å²) in [5.41, 5.74) is -0.365. The van der Waals surface area contributed by atoms with Gasteiger partial charge in [-0.2, -0.15) is 0 Å². The van der Waals surface area contributed by atoms with Crippen LogP contribution >= 0.6 is 0 Å². The molecule has 0 aliphatic heterocycles. The molecule has 2 atom stereocenters. The third kappa shape index (κ3) is 3.86. The summed E-state index contributed by atoms with van der Waals surface area (Å²) in [6, 6.07) is 2.41. The van der Waals surface area contributed by atoms with Crippen molar-refractivity contribution in [3.8, 4) is 11.5 Å². The molecule has 2 unspecified atom stereocenters. The molecule has 0 fully saturated rings. The first kappa shape index (κ1) is 17.7. The summed E-state index contributed by atoms with van der Waals surface area (Å²) in [5, 5.41) is 29.2. The van der Waals surface area contributed by atoms with Crippen LogP contribution in [0.25, 0.3) is 0 Å². The van der Waals surface area contributed by atoms with Crippen LogP contribution in [0.5, 0.6) is 11.5 Å². The van der Waals surface area contributed by atoms with Crippen molar-refractivity contribution in [3.63, 3.8) is 0 Å². The zero-order valence-electron chi connectivity index (χ0n) is 12.4. The fraction of sp³-hybridized carbons (Fsp3) is 0.429. The molecule has 0 radical (unpaired) electrons. The van der Waals surface area contributed by atoms with Crippen molar-refractivity contribution in [3.05, 3.63) is 23.3 Å². The number of aromatic carboxylic acids is 1. The van der Waals surface area contributed by atoms with Crippen LogP contribution in [0, 0.1) is 0 Å². The van der Waals surface area contributed by atoms with Gasteiger partial charge in [-0.05, 0) is 12.1 Å². The molecular formula is C14H18O8. The fourth-order valence-electron chi connectivity index (χ4n) is 1.90. The first-order valence-electron chi connectivity index (χ1n) is 6.27. The Hall–Kier alpha value is -2.32. The van der Waals surface area contributed by atoms with Crippen LogP contribution in [0.3, 0.4) is 0 Å². The Balaban J connectivity index is 3.25. The molecule has 0 amide bonds. The third-order valence-corrected chi connectivity index (χ3v) is 3.07. The Morgan fingerprint density at radius 2 is 1.64 bits per heavy atom. The standard InChI is InChI=1S/C14H18O8/c1-20-10-4-7(8(14(18)19)5-11(10)21-2)13(17)9(15)6-12(16)22-3/h4-5,9,13,15,17H,6H2,1-3H3,(H,18,19). The van der Waals surface area contributed by atoms with E-state index in [0.717, 1.165) is 7.11 Å². The number of aliphatic hydroxyl groups excluding tert-OH is 2. The van der Waals surface area contributed by atoms with Crippen LogP contribution in [0.2, 0.25) is 0 Å². The topological polar surface area (TPSA) is 123 Å².